The standard InChI is InChI=1S/C18H18B2N2O2/c1-23-20(24-2)15-9-5-8-14(12-15)19-21-16-10-3-6-13-7-4-11-17(22-19)18(13)16/h3-12,21-22H,1-2H3. The van der Waals surface area contributed by atoms with Crippen molar-refractivity contribution in [1.29, 1.82) is 0 Å². The first-order valence-corrected chi connectivity index (χ1v) is 8.00. The fourth-order valence-corrected chi connectivity index (χ4v) is 3.35. The quantitative estimate of drug-likeness (QED) is 0.723. The van der Waals surface area contributed by atoms with E-state index in [0.29, 0.717) is 0 Å². The van der Waals surface area contributed by atoms with Gasteiger partial charge in [0.25, 0.3) is 0 Å². The summed E-state index contributed by atoms with van der Waals surface area (Å²) >= 11 is 0. The Bertz CT molecular complexity index is 843. The lowest BCUT2D eigenvalue weighted by atomic mass is 9.63. The zero-order valence-electron chi connectivity index (χ0n) is 13.7. The maximum atomic E-state index is 5.37. The van der Waals surface area contributed by atoms with Gasteiger partial charge in [-0.15, -0.1) is 0 Å². The first kappa shape index (κ1) is 15.1. The molecule has 1 heterocycles. The molecule has 3 aromatic carbocycles. The third-order valence-corrected chi connectivity index (χ3v) is 4.45. The van der Waals surface area contributed by atoms with Crippen molar-refractivity contribution >= 4 is 47.2 Å². The van der Waals surface area contributed by atoms with Crippen LogP contribution in [0.4, 0.5) is 11.4 Å². The maximum Gasteiger partial charge on any atom is 0.493 e. The van der Waals surface area contributed by atoms with Gasteiger partial charge in [-0.3, -0.25) is 0 Å². The Balaban J connectivity index is 1.71. The second-order valence-corrected chi connectivity index (χ2v) is 5.90. The molecule has 4 rings (SSSR count). The Hall–Kier alpha value is -2.43. The lowest BCUT2D eigenvalue weighted by Crippen LogP contribution is -2.49. The summed E-state index contributed by atoms with van der Waals surface area (Å²) in [5.74, 6) is 0. The van der Waals surface area contributed by atoms with Gasteiger partial charge < -0.3 is 19.8 Å². The first-order chi connectivity index (χ1) is 11.8. The molecular formula is C18H18B2N2O2. The summed E-state index contributed by atoms with van der Waals surface area (Å²) in [6, 6.07) is 20.9. The zero-order valence-corrected chi connectivity index (χ0v) is 13.7. The molecule has 0 aromatic heterocycles. The van der Waals surface area contributed by atoms with E-state index in [-0.39, 0.29) is 14.1 Å². The van der Waals surface area contributed by atoms with E-state index >= 15 is 0 Å². The average molecular weight is 316 g/mol. The van der Waals surface area contributed by atoms with Crippen molar-refractivity contribution in [2.24, 2.45) is 0 Å². The monoisotopic (exact) mass is 316 g/mol. The lowest BCUT2D eigenvalue weighted by molar-refractivity contribution is 0.292. The van der Waals surface area contributed by atoms with Crippen LogP contribution in [0.25, 0.3) is 10.8 Å². The van der Waals surface area contributed by atoms with Crippen molar-refractivity contribution in [2.45, 2.75) is 0 Å². The fourth-order valence-electron chi connectivity index (χ4n) is 3.35. The number of nitrogens with one attached hydrogen (secondary N) is 2. The van der Waals surface area contributed by atoms with Gasteiger partial charge in [0.2, 0.25) is 0 Å². The Morgan fingerprint density at radius 1 is 0.833 bits per heavy atom. The van der Waals surface area contributed by atoms with Gasteiger partial charge in [0.05, 0.1) is 0 Å². The minimum atomic E-state index is -0.357. The molecule has 0 saturated carbocycles. The predicted octanol–water partition coefficient (Wildman–Crippen LogP) is 2.06. The first-order valence-electron chi connectivity index (χ1n) is 8.00. The minimum absolute atomic E-state index is 0.000174. The summed E-state index contributed by atoms with van der Waals surface area (Å²) < 4.78 is 10.7. The Morgan fingerprint density at radius 2 is 1.46 bits per heavy atom. The molecular weight excluding hydrogens is 298 g/mol. The summed E-state index contributed by atoms with van der Waals surface area (Å²) in [6.45, 7) is -0.000174. The molecule has 0 spiro atoms. The zero-order chi connectivity index (χ0) is 16.5. The number of hydrogen-bond acceptors (Lipinski definition) is 4. The van der Waals surface area contributed by atoms with Crippen LogP contribution in [0.3, 0.4) is 0 Å². The summed E-state index contributed by atoms with van der Waals surface area (Å²) in [7, 11) is 2.94. The smallest absolute Gasteiger partial charge is 0.410 e. The van der Waals surface area contributed by atoms with Crippen LogP contribution in [0.15, 0.2) is 60.7 Å². The molecule has 0 bridgehead atoms. The maximum absolute atomic E-state index is 5.37. The van der Waals surface area contributed by atoms with Gasteiger partial charge in [-0.25, -0.2) is 0 Å². The van der Waals surface area contributed by atoms with Crippen LogP contribution in [0.2, 0.25) is 0 Å². The van der Waals surface area contributed by atoms with Crippen LogP contribution in [-0.4, -0.2) is 28.3 Å². The molecule has 3 aromatic rings. The molecule has 1 aliphatic rings. The molecule has 4 nitrogen and oxygen atoms in total. The normalized spacial score (nSPS) is 12.7. The molecule has 1 aliphatic heterocycles. The van der Waals surface area contributed by atoms with E-state index in [4.69, 9.17) is 9.31 Å². The molecule has 2 N–H and O–H groups in total. The van der Waals surface area contributed by atoms with Crippen LogP contribution in [0.1, 0.15) is 0 Å². The van der Waals surface area contributed by atoms with Crippen molar-refractivity contribution in [3.8, 4) is 0 Å². The molecule has 24 heavy (non-hydrogen) atoms. The van der Waals surface area contributed by atoms with E-state index in [1.807, 2.05) is 12.1 Å². The highest BCUT2D eigenvalue weighted by atomic mass is 16.6. The van der Waals surface area contributed by atoms with Gasteiger partial charge in [-0.2, -0.15) is 0 Å². The van der Waals surface area contributed by atoms with Crippen molar-refractivity contribution < 1.29 is 9.31 Å². The van der Waals surface area contributed by atoms with Gasteiger partial charge >= 0.3 is 14.1 Å². The molecule has 0 amide bonds. The Kier molecular flexibility index (Phi) is 3.92. The fraction of sp³-hybridized carbons (Fsp3) is 0.111. The van der Waals surface area contributed by atoms with E-state index < -0.39 is 0 Å². The van der Waals surface area contributed by atoms with Gasteiger partial charge in [0.1, 0.15) is 0 Å². The summed E-state index contributed by atoms with van der Waals surface area (Å²) in [5.41, 5.74) is 4.43. The minimum Gasteiger partial charge on any atom is -0.410 e. The highest BCUT2D eigenvalue weighted by molar-refractivity contribution is 6.80. The van der Waals surface area contributed by atoms with Crippen molar-refractivity contribution in [3.63, 3.8) is 0 Å². The number of anilines is 2. The van der Waals surface area contributed by atoms with E-state index in [1.165, 1.54) is 10.8 Å². The SMILES string of the molecule is COB(OC)c1cccc(B2Nc3cccc4cccc(c34)N2)c1. The van der Waals surface area contributed by atoms with Gasteiger partial charge in [0, 0.05) is 31.0 Å². The molecule has 0 radical (unpaired) electrons. The summed E-state index contributed by atoms with van der Waals surface area (Å²) in [5, 5.41) is 9.64. The highest BCUT2D eigenvalue weighted by Gasteiger charge is 2.27. The molecule has 0 saturated heterocycles. The van der Waals surface area contributed by atoms with Gasteiger partial charge in [-0.1, -0.05) is 48.5 Å². The van der Waals surface area contributed by atoms with Crippen LogP contribution in [0, 0.1) is 0 Å². The summed E-state index contributed by atoms with van der Waals surface area (Å²) in [4.78, 5) is 0. The molecule has 0 atom stereocenters. The van der Waals surface area contributed by atoms with Crippen molar-refractivity contribution in [1.82, 2.24) is 0 Å². The van der Waals surface area contributed by atoms with E-state index in [2.05, 4.69) is 59.0 Å². The highest BCUT2D eigenvalue weighted by Crippen LogP contribution is 2.33. The second kappa shape index (κ2) is 6.23. The van der Waals surface area contributed by atoms with Crippen LogP contribution >= 0.6 is 0 Å². The molecule has 0 aliphatic carbocycles. The van der Waals surface area contributed by atoms with Crippen LogP contribution in [-0.2, 0) is 9.31 Å². The molecule has 0 unspecified atom stereocenters. The number of benzene rings is 3. The topological polar surface area (TPSA) is 42.5 Å². The van der Waals surface area contributed by atoms with Crippen molar-refractivity contribution in [3.05, 3.63) is 60.7 Å². The van der Waals surface area contributed by atoms with Crippen LogP contribution in [0.5, 0.6) is 0 Å². The van der Waals surface area contributed by atoms with E-state index in [0.717, 1.165) is 22.3 Å². The Labute approximate surface area is 142 Å². The second-order valence-electron chi connectivity index (χ2n) is 5.90. The van der Waals surface area contributed by atoms with Gasteiger partial charge in [-0.05, 0) is 28.4 Å². The Morgan fingerprint density at radius 3 is 2.08 bits per heavy atom. The third-order valence-electron chi connectivity index (χ3n) is 4.45. The van der Waals surface area contributed by atoms with Crippen molar-refractivity contribution in [2.75, 3.05) is 24.7 Å². The van der Waals surface area contributed by atoms with Crippen LogP contribution < -0.4 is 21.4 Å². The van der Waals surface area contributed by atoms with E-state index in [1.54, 1.807) is 14.2 Å². The van der Waals surface area contributed by atoms with Gasteiger partial charge in [0.15, 0.2) is 0 Å². The molecule has 6 heteroatoms. The number of hydrogen-bond donors (Lipinski definition) is 2. The summed E-state index contributed by atoms with van der Waals surface area (Å²) in [6.07, 6.45) is 0. The predicted molar refractivity (Wildman–Crippen MR) is 102 cm³/mol. The largest absolute Gasteiger partial charge is 0.493 e. The number of rotatable bonds is 4. The third kappa shape index (κ3) is 2.54. The average Bonchev–Trinajstić information content (AvgIpc) is 2.63. The van der Waals surface area contributed by atoms with E-state index in [9.17, 15) is 0 Å². The lowest BCUT2D eigenvalue weighted by Gasteiger charge is -2.27. The molecule has 0 fully saturated rings. The molecule has 118 valence electrons.